The molecule has 0 spiro atoms. The normalized spacial score (nSPS) is 11.6. The molecule has 0 aliphatic heterocycles. The topological polar surface area (TPSA) is 79.9 Å². The lowest BCUT2D eigenvalue weighted by Gasteiger charge is -2.05. The number of sulfone groups is 1. The number of aromatic nitrogens is 2. The van der Waals surface area contributed by atoms with Crippen molar-refractivity contribution < 1.29 is 8.42 Å². The summed E-state index contributed by atoms with van der Waals surface area (Å²) in [7, 11) is -3.40. The third-order valence-electron chi connectivity index (χ3n) is 2.73. The van der Waals surface area contributed by atoms with Crippen molar-refractivity contribution in [3.8, 4) is 0 Å². The van der Waals surface area contributed by atoms with Gasteiger partial charge in [-0.3, -0.25) is 4.79 Å². The summed E-state index contributed by atoms with van der Waals surface area (Å²) in [6, 6.07) is 9.60. The van der Waals surface area contributed by atoms with Crippen molar-refractivity contribution in [2.24, 2.45) is 0 Å². The van der Waals surface area contributed by atoms with Crippen molar-refractivity contribution in [2.45, 2.75) is 4.90 Å². The highest BCUT2D eigenvalue weighted by molar-refractivity contribution is 7.91. The molecule has 0 fully saturated rings. The van der Waals surface area contributed by atoms with Gasteiger partial charge in [0.25, 0.3) is 5.56 Å². The van der Waals surface area contributed by atoms with Gasteiger partial charge in [0.1, 0.15) is 0 Å². The second-order valence-electron chi connectivity index (χ2n) is 4.29. The van der Waals surface area contributed by atoms with Gasteiger partial charge >= 0.3 is 0 Å². The molecule has 2 aromatic rings. The lowest BCUT2D eigenvalue weighted by atomic mass is 10.2. The van der Waals surface area contributed by atoms with E-state index in [1.807, 2.05) is 0 Å². The molecule has 0 saturated heterocycles. The van der Waals surface area contributed by atoms with Crippen LogP contribution < -0.4 is 5.56 Å². The van der Waals surface area contributed by atoms with Crippen LogP contribution in [0.1, 0.15) is 11.3 Å². The van der Waals surface area contributed by atoms with Crippen molar-refractivity contribution in [3.63, 3.8) is 0 Å². The van der Waals surface area contributed by atoms with Gasteiger partial charge in [0, 0.05) is 6.07 Å². The van der Waals surface area contributed by atoms with E-state index >= 15 is 0 Å². The minimum atomic E-state index is -3.40. The Balaban J connectivity index is 2.39. The molecular weight excluding hydrogens is 288 g/mol. The van der Waals surface area contributed by atoms with Crippen LogP contribution in [0, 0.1) is 0 Å². The first-order chi connectivity index (χ1) is 10.0. The van der Waals surface area contributed by atoms with Crippen molar-refractivity contribution in [2.75, 3.05) is 5.75 Å². The number of rotatable bonds is 5. The Bertz CT molecular complexity index is 815. The van der Waals surface area contributed by atoms with Crippen LogP contribution in [0.3, 0.4) is 0 Å². The summed E-state index contributed by atoms with van der Waals surface area (Å²) in [5.41, 5.74) is 0.805. The van der Waals surface area contributed by atoms with E-state index in [0.717, 1.165) is 0 Å². The van der Waals surface area contributed by atoms with Crippen LogP contribution in [0.5, 0.6) is 0 Å². The molecular formula is C15H14N2O3S. The zero-order chi connectivity index (χ0) is 15.3. The molecule has 0 atom stereocenters. The highest BCUT2D eigenvalue weighted by Gasteiger charge is 2.15. The van der Waals surface area contributed by atoms with E-state index in [9.17, 15) is 13.2 Å². The van der Waals surface area contributed by atoms with Gasteiger partial charge in [0.2, 0.25) is 0 Å². The van der Waals surface area contributed by atoms with Gasteiger partial charge in [0.05, 0.1) is 16.3 Å². The van der Waals surface area contributed by atoms with E-state index in [-0.39, 0.29) is 16.2 Å². The number of nitrogens with one attached hydrogen (secondary N) is 1. The van der Waals surface area contributed by atoms with Gasteiger partial charge in [-0.05, 0) is 23.8 Å². The van der Waals surface area contributed by atoms with Gasteiger partial charge in [-0.2, -0.15) is 5.10 Å². The van der Waals surface area contributed by atoms with Gasteiger partial charge < -0.3 is 0 Å². The van der Waals surface area contributed by atoms with E-state index in [0.29, 0.717) is 11.3 Å². The van der Waals surface area contributed by atoms with Gasteiger partial charge in [0.15, 0.2) is 9.84 Å². The predicted molar refractivity (Wildman–Crippen MR) is 82.5 cm³/mol. The van der Waals surface area contributed by atoms with Crippen LogP contribution >= 0.6 is 0 Å². The van der Waals surface area contributed by atoms with Crippen LogP contribution in [0.25, 0.3) is 12.2 Å². The fourth-order valence-corrected chi connectivity index (χ4v) is 3.04. The first kappa shape index (κ1) is 14.9. The van der Waals surface area contributed by atoms with Crippen LogP contribution in [-0.4, -0.2) is 24.4 Å². The first-order valence-corrected chi connectivity index (χ1v) is 7.84. The number of aromatic amines is 1. The molecule has 0 saturated carbocycles. The minimum absolute atomic E-state index is 0.116. The van der Waals surface area contributed by atoms with Gasteiger partial charge in [-0.15, -0.1) is 6.58 Å². The maximum absolute atomic E-state index is 12.1. The summed E-state index contributed by atoms with van der Waals surface area (Å²) in [5.74, 6) is -0.116. The van der Waals surface area contributed by atoms with Crippen molar-refractivity contribution in [3.05, 3.63) is 70.7 Å². The van der Waals surface area contributed by atoms with Crippen LogP contribution in [-0.2, 0) is 9.84 Å². The van der Waals surface area contributed by atoms with Crippen molar-refractivity contribution in [1.29, 1.82) is 0 Å². The fraction of sp³-hybridized carbons (Fsp3) is 0.0667. The summed E-state index contributed by atoms with van der Waals surface area (Å²) in [5, 5.41) is 6.14. The quantitative estimate of drug-likeness (QED) is 0.855. The Hall–Kier alpha value is -2.47. The average Bonchev–Trinajstić information content (AvgIpc) is 2.47. The standard InChI is InChI=1S/C15H14N2O3S/c1-2-11-21(19,20)14-6-4-3-5-12(14)7-8-13-9-10-15(18)17-16-13/h2-10H,1,11H2,(H,17,18). The smallest absolute Gasteiger partial charge is 0.264 e. The Morgan fingerprint density at radius 3 is 2.57 bits per heavy atom. The largest absolute Gasteiger partial charge is 0.268 e. The minimum Gasteiger partial charge on any atom is -0.268 e. The van der Waals surface area contributed by atoms with E-state index in [1.54, 1.807) is 42.5 Å². The summed E-state index contributed by atoms with van der Waals surface area (Å²) in [4.78, 5) is 11.2. The molecule has 108 valence electrons. The monoisotopic (exact) mass is 302 g/mol. The summed E-state index contributed by atoms with van der Waals surface area (Å²) >= 11 is 0. The maximum atomic E-state index is 12.1. The molecule has 1 aromatic carbocycles. The molecule has 0 radical (unpaired) electrons. The number of nitrogens with zero attached hydrogens (tertiary/aromatic N) is 1. The van der Waals surface area contributed by atoms with E-state index in [2.05, 4.69) is 16.8 Å². The average molecular weight is 302 g/mol. The van der Waals surface area contributed by atoms with Gasteiger partial charge in [-0.1, -0.05) is 30.4 Å². The highest BCUT2D eigenvalue weighted by Crippen LogP contribution is 2.19. The summed E-state index contributed by atoms with van der Waals surface area (Å²) in [6.45, 7) is 3.46. The molecule has 1 N–H and O–H groups in total. The van der Waals surface area contributed by atoms with E-state index in [1.165, 1.54) is 12.1 Å². The molecule has 6 heteroatoms. The van der Waals surface area contributed by atoms with Crippen molar-refractivity contribution in [1.82, 2.24) is 10.2 Å². The Morgan fingerprint density at radius 1 is 1.14 bits per heavy atom. The number of hydrogen-bond acceptors (Lipinski definition) is 4. The van der Waals surface area contributed by atoms with Crippen molar-refractivity contribution >= 4 is 22.0 Å². The Morgan fingerprint density at radius 2 is 1.90 bits per heavy atom. The third kappa shape index (κ3) is 3.76. The SMILES string of the molecule is C=CCS(=O)(=O)c1ccccc1C=Cc1ccc(=O)[nH]n1. The molecule has 1 heterocycles. The zero-order valence-electron chi connectivity index (χ0n) is 11.2. The molecule has 0 aliphatic carbocycles. The second kappa shape index (κ2) is 6.32. The lowest BCUT2D eigenvalue weighted by molar-refractivity contribution is 0.599. The predicted octanol–water partition coefficient (Wildman–Crippen LogP) is 1.90. The molecule has 2 rings (SSSR count). The molecule has 5 nitrogen and oxygen atoms in total. The second-order valence-corrected chi connectivity index (χ2v) is 6.29. The molecule has 1 aromatic heterocycles. The Kier molecular flexibility index (Phi) is 4.49. The van der Waals surface area contributed by atoms with E-state index in [4.69, 9.17) is 0 Å². The third-order valence-corrected chi connectivity index (χ3v) is 4.44. The molecule has 21 heavy (non-hydrogen) atoms. The van der Waals surface area contributed by atoms with E-state index < -0.39 is 9.84 Å². The summed E-state index contributed by atoms with van der Waals surface area (Å²) in [6.07, 6.45) is 4.65. The maximum Gasteiger partial charge on any atom is 0.264 e. The van der Waals surface area contributed by atoms with Crippen LogP contribution in [0.15, 0.2) is 58.7 Å². The molecule has 0 aliphatic rings. The lowest BCUT2D eigenvalue weighted by Crippen LogP contribution is -2.06. The number of hydrogen-bond donors (Lipinski definition) is 1. The number of H-pyrrole nitrogens is 1. The fourth-order valence-electron chi connectivity index (χ4n) is 1.77. The zero-order valence-corrected chi connectivity index (χ0v) is 12.0. The van der Waals surface area contributed by atoms with Gasteiger partial charge in [-0.25, -0.2) is 13.5 Å². The summed E-state index contributed by atoms with van der Waals surface area (Å²) < 4.78 is 24.3. The first-order valence-electron chi connectivity index (χ1n) is 6.19. The molecule has 0 bridgehead atoms. The highest BCUT2D eigenvalue weighted by atomic mass is 32.2. The Labute approximate surface area is 122 Å². The van der Waals surface area contributed by atoms with Crippen LogP contribution in [0.2, 0.25) is 0 Å². The molecule has 0 unspecified atom stereocenters. The number of benzene rings is 1. The van der Waals surface area contributed by atoms with Crippen LogP contribution in [0.4, 0.5) is 0 Å². The molecule has 0 amide bonds.